The van der Waals surface area contributed by atoms with Crippen LogP contribution in [0, 0.1) is 0 Å². The Morgan fingerprint density at radius 2 is 1.95 bits per heavy atom. The van der Waals surface area contributed by atoms with Crippen molar-refractivity contribution in [3.05, 3.63) is 59.2 Å². The first-order chi connectivity index (χ1) is 10.1. The summed E-state index contributed by atoms with van der Waals surface area (Å²) in [5.41, 5.74) is 2.35. The minimum atomic E-state index is -3.34. The molecule has 0 bridgehead atoms. The summed E-state index contributed by atoms with van der Waals surface area (Å²) < 4.78 is 26.7. The molecule has 0 aliphatic carbocycles. The summed E-state index contributed by atoms with van der Waals surface area (Å²) >= 11 is 1.38. The molecule has 3 rings (SSSR count). The highest BCUT2D eigenvalue weighted by molar-refractivity contribution is 7.90. The summed E-state index contributed by atoms with van der Waals surface area (Å²) in [6.07, 6.45) is 1.65. The van der Waals surface area contributed by atoms with E-state index in [0.717, 1.165) is 11.3 Å². The maximum atomic E-state index is 12.5. The standard InChI is InChI=1S/C15H14N2O2S2/c1-17-11-16-15(12-5-3-2-4-6-12)14(17)10-21(18,19)13-7-8-20-9-13/h2-9,11H,10H2,1H3. The lowest BCUT2D eigenvalue weighted by Gasteiger charge is -2.07. The molecule has 3 aromatic rings. The third-order valence-electron chi connectivity index (χ3n) is 3.29. The van der Waals surface area contributed by atoms with E-state index in [1.807, 2.05) is 37.4 Å². The molecule has 0 N–H and O–H groups in total. The van der Waals surface area contributed by atoms with Crippen LogP contribution in [0.5, 0.6) is 0 Å². The van der Waals surface area contributed by atoms with Crippen molar-refractivity contribution in [3.8, 4) is 11.3 Å². The predicted octanol–water partition coefficient (Wildman–Crippen LogP) is 3.12. The largest absolute Gasteiger partial charge is 0.336 e. The maximum absolute atomic E-state index is 12.5. The molecule has 4 nitrogen and oxygen atoms in total. The second-order valence-electron chi connectivity index (χ2n) is 4.73. The second kappa shape index (κ2) is 5.46. The van der Waals surface area contributed by atoms with E-state index in [1.54, 1.807) is 27.7 Å². The molecule has 0 unspecified atom stereocenters. The molecular formula is C15H14N2O2S2. The Bertz CT molecular complexity index is 835. The maximum Gasteiger partial charge on any atom is 0.184 e. The fourth-order valence-corrected chi connectivity index (χ4v) is 4.65. The van der Waals surface area contributed by atoms with Crippen molar-refractivity contribution < 1.29 is 8.42 Å². The van der Waals surface area contributed by atoms with Gasteiger partial charge in [0.25, 0.3) is 0 Å². The molecule has 0 spiro atoms. The van der Waals surface area contributed by atoms with Crippen LogP contribution in [0.4, 0.5) is 0 Å². The van der Waals surface area contributed by atoms with Gasteiger partial charge in [0.1, 0.15) is 0 Å². The van der Waals surface area contributed by atoms with Gasteiger partial charge in [-0.2, -0.15) is 11.3 Å². The molecule has 0 aliphatic rings. The number of imidazole rings is 1. The van der Waals surface area contributed by atoms with Crippen LogP contribution < -0.4 is 0 Å². The fourth-order valence-electron chi connectivity index (χ4n) is 2.16. The van der Waals surface area contributed by atoms with Crippen molar-refractivity contribution in [2.24, 2.45) is 7.05 Å². The number of hydrogen-bond acceptors (Lipinski definition) is 4. The van der Waals surface area contributed by atoms with E-state index in [9.17, 15) is 8.42 Å². The molecule has 0 atom stereocenters. The van der Waals surface area contributed by atoms with Crippen LogP contribution in [-0.4, -0.2) is 18.0 Å². The number of benzene rings is 1. The van der Waals surface area contributed by atoms with E-state index in [1.165, 1.54) is 11.3 Å². The van der Waals surface area contributed by atoms with Crippen LogP contribution >= 0.6 is 11.3 Å². The van der Waals surface area contributed by atoms with Gasteiger partial charge in [0.05, 0.1) is 28.4 Å². The Balaban J connectivity index is 2.03. The lowest BCUT2D eigenvalue weighted by atomic mass is 10.1. The topological polar surface area (TPSA) is 52.0 Å². The van der Waals surface area contributed by atoms with Crippen LogP contribution in [0.15, 0.2) is 58.4 Å². The summed E-state index contributed by atoms with van der Waals surface area (Å²) in [4.78, 5) is 4.72. The van der Waals surface area contributed by atoms with E-state index >= 15 is 0 Å². The van der Waals surface area contributed by atoms with Gasteiger partial charge in [-0.1, -0.05) is 30.3 Å². The van der Waals surface area contributed by atoms with Crippen LogP contribution in [0.25, 0.3) is 11.3 Å². The zero-order valence-electron chi connectivity index (χ0n) is 11.4. The van der Waals surface area contributed by atoms with Crippen molar-refractivity contribution in [2.75, 3.05) is 0 Å². The number of aromatic nitrogens is 2. The van der Waals surface area contributed by atoms with Crippen LogP contribution in [0.1, 0.15) is 5.69 Å². The highest BCUT2D eigenvalue weighted by atomic mass is 32.2. The van der Waals surface area contributed by atoms with Crippen LogP contribution in [0.3, 0.4) is 0 Å². The highest BCUT2D eigenvalue weighted by Gasteiger charge is 2.21. The number of rotatable bonds is 4. The highest BCUT2D eigenvalue weighted by Crippen LogP contribution is 2.26. The summed E-state index contributed by atoms with van der Waals surface area (Å²) in [7, 11) is -1.53. The van der Waals surface area contributed by atoms with E-state index < -0.39 is 9.84 Å². The zero-order valence-corrected chi connectivity index (χ0v) is 13.1. The quantitative estimate of drug-likeness (QED) is 0.742. The van der Waals surface area contributed by atoms with Gasteiger partial charge in [0.15, 0.2) is 9.84 Å². The minimum absolute atomic E-state index is 0.0511. The first kappa shape index (κ1) is 14.0. The average molecular weight is 318 g/mol. The van der Waals surface area contributed by atoms with E-state index in [0.29, 0.717) is 10.6 Å². The monoisotopic (exact) mass is 318 g/mol. The number of nitrogens with zero attached hydrogens (tertiary/aromatic N) is 2. The molecule has 0 amide bonds. The molecule has 0 saturated heterocycles. The van der Waals surface area contributed by atoms with Gasteiger partial charge in [-0.25, -0.2) is 13.4 Å². The van der Waals surface area contributed by atoms with Crippen molar-refractivity contribution in [1.29, 1.82) is 0 Å². The van der Waals surface area contributed by atoms with Crippen LogP contribution in [0.2, 0.25) is 0 Å². The second-order valence-corrected chi connectivity index (χ2v) is 7.50. The Morgan fingerprint density at radius 1 is 1.19 bits per heavy atom. The van der Waals surface area contributed by atoms with Gasteiger partial charge >= 0.3 is 0 Å². The molecule has 2 aromatic heterocycles. The summed E-state index contributed by atoms with van der Waals surface area (Å²) in [5, 5.41) is 3.43. The molecule has 0 aliphatic heterocycles. The number of aryl methyl sites for hydroxylation is 1. The Labute approximate surface area is 127 Å². The summed E-state index contributed by atoms with van der Waals surface area (Å²) in [6, 6.07) is 11.3. The van der Waals surface area contributed by atoms with Crippen molar-refractivity contribution in [2.45, 2.75) is 10.6 Å². The zero-order chi connectivity index (χ0) is 14.9. The normalized spacial score (nSPS) is 11.7. The first-order valence-electron chi connectivity index (χ1n) is 6.38. The third kappa shape index (κ3) is 2.77. The third-order valence-corrected chi connectivity index (χ3v) is 5.75. The van der Waals surface area contributed by atoms with Crippen LogP contribution in [-0.2, 0) is 22.6 Å². The van der Waals surface area contributed by atoms with Gasteiger partial charge in [0, 0.05) is 18.0 Å². The van der Waals surface area contributed by atoms with E-state index in [-0.39, 0.29) is 5.75 Å². The number of sulfone groups is 1. The Hall–Kier alpha value is -1.92. The van der Waals surface area contributed by atoms with Gasteiger partial charge < -0.3 is 4.57 Å². The number of thiophene rings is 1. The van der Waals surface area contributed by atoms with Gasteiger partial charge in [-0.15, -0.1) is 0 Å². The molecule has 2 heterocycles. The molecule has 1 aromatic carbocycles. The van der Waals surface area contributed by atoms with E-state index in [2.05, 4.69) is 4.98 Å². The van der Waals surface area contributed by atoms with Crippen molar-refractivity contribution in [3.63, 3.8) is 0 Å². The molecule has 21 heavy (non-hydrogen) atoms. The van der Waals surface area contributed by atoms with Gasteiger partial charge in [-0.3, -0.25) is 0 Å². The molecule has 108 valence electrons. The Morgan fingerprint density at radius 3 is 2.62 bits per heavy atom. The van der Waals surface area contributed by atoms with Crippen molar-refractivity contribution in [1.82, 2.24) is 9.55 Å². The van der Waals surface area contributed by atoms with Crippen molar-refractivity contribution >= 4 is 21.2 Å². The predicted molar refractivity (Wildman–Crippen MR) is 83.9 cm³/mol. The molecular weight excluding hydrogens is 304 g/mol. The minimum Gasteiger partial charge on any atom is -0.336 e. The summed E-state index contributed by atoms with van der Waals surface area (Å²) in [6.45, 7) is 0. The summed E-state index contributed by atoms with van der Waals surface area (Å²) in [5.74, 6) is -0.0511. The molecule has 6 heteroatoms. The fraction of sp³-hybridized carbons (Fsp3) is 0.133. The lowest BCUT2D eigenvalue weighted by molar-refractivity contribution is 0.594. The Kier molecular flexibility index (Phi) is 3.65. The lowest BCUT2D eigenvalue weighted by Crippen LogP contribution is -2.08. The molecule has 0 radical (unpaired) electrons. The molecule has 0 fully saturated rings. The van der Waals surface area contributed by atoms with E-state index in [4.69, 9.17) is 0 Å². The smallest absolute Gasteiger partial charge is 0.184 e. The average Bonchev–Trinajstić information content (AvgIpc) is 3.11. The van der Waals surface area contributed by atoms with Gasteiger partial charge in [-0.05, 0) is 11.4 Å². The number of hydrogen-bond donors (Lipinski definition) is 0. The van der Waals surface area contributed by atoms with Gasteiger partial charge in [0.2, 0.25) is 0 Å². The molecule has 0 saturated carbocycles. The first-order valence-corrected chi connectivity index (χ1v) is 8.98. The SMILES string of the molecule is Cn1cnc(-c2ccccc2)c1CS(=O)(=O)c1ccsc1.